The molecule has 1 unspecified atom stereocenters. The van der Waals surface area contributed by atoms with Crippen LogP contribution in [-0.4, -0.2) is 56.4 Å². The average molecular weight is 487 g/mol. The van der Waals surface area contributed by atoms with Crippen molar-refractivity contribution in [3.05, 3.63) is 47.8 Å². The lowest BCUT2D eigenvalue weighted by Crippen LogP contribution is -2.39. The van der Waals surface area contributed by atoms with Crippen LogP contribution in [-0.2, 0) is 21.2 Å². The number of ether oxygens (including phenoxy) is 1. The Morgan fingerprint density at radius 3 is 2.76 bits per heavy atom. The van der Waals surface area contributed by atoms with Crippen LogP contribution in [0.2, 0.25) is 0 Å². The summed E-state index contributed by atoms with van der Waals surface area (Å²) >= 11 is 0. The fourth-order valence-electron chi connectivity index (χ4n) is 4.80. The lowest BCUT2D eigenvalue weighted by atomic mass is 9.92. The van der Waals surface area contributed by atoms with Gasteiger partial charge in [-0.2, -0.15) is 4.31 Å². The molecule has 0 bridgehead atoms. The molecule has 2 aromatic rings. The third-order valence-electron chi connectivity index (χ3n) is 6.82. The van der Waals surface area contributed by atoms with Crippen LogP contribution in [0.25, 0.3) is 0 Å². The Hall–Kier alpha value is -2.65. The van der Waals surface area contributed by atoms with Gasteiger partial charge < -0.3 is 15.4 Å². The van der Waals surface area contributed by atoms with Crippen LogP contribution in [0.15, 0.2) is 41.6 Å². The van der Waals surface area contributed by atoms with E-state index in [-0.39, 0.29) is 16.8 Å². The summed E-state index contributed by atoms with van der Waals surface area (Å²) in [5.41, 5.74) is 2.97. The molecule has 9 heteroatoms. The second-order valence-electron chi connectivity index (χ2n) is 9.22. The number of nitrogens with zero attached hydrogens (tertiary/aromatic N) is 2. The molecule has 2 aliphatic heterocycles. The van der Waals surface area contributed by atoms with E-state index in [2.05, 4.69) is 15.6 Å². The molecule has 0 radical (unpaired) electrons. The predicted molar refractivity (Wildman–Crippen MR) is 131 cm³/mol. The number of rotatable bonds is 9. The number of aromatic nitrogens is 1. The summed E-state index contributed by atoms with van der Waals surface area (Å²) in [4.78, 5) is 16.8. The average Bonchev–Trinajstić information content (AvgIpc) is 3.28. The molecule has 2 aliphatic rings. The number of pyridine rings is 1. The fraction of sp³-hybridized carbons (Fsp3) is 0.520. The number of sulfonamides is 1. The van der Waals surface area contributed by atoms with Crippen molar-refractivity contribution in [1.82, 2.24) is 14.6 Å². The summed E-state index contributed by atoms with van der Waals surface area (Å²) in [6.45, 7) is 3.60. The van der Waals surface area contributed by atoms with Crippen LogP contribution in [0, 0.1) is 12.8 Å². The monoisotopic (exact) mass is 486 g/mol. The molecule has 1 aromatic heterocycles. The van der Waals surface area contributed by atoms with Crippen LogP contribution in [0.4, 0.5) is 5.69 Å². The minimum absolute atomic E-state index is 0.0290. The van der Waals surface area contributed by atoms with Gasteiger partial charge in [-0.25, -0.2) is 8.42 Å². The summed E-state index contributed by atoms with van der Waals surface area (Å²) in [6, 6.07) is 6.93. The molecule has 8 nitrogen and oxygen atoms in total. The Bertz CT molecular complexity index is 1090. The van der Waals surface area contributed by atoms with Crippen LogP contribution >= 0.6 is 0 Å². The first-order chi connectivity index (χ1) is 16.4. The number of carbonyl (C=O) groups excluding carboxylic acids is 1. The van der Waals surface area contributed by atoms with Gasteiger partial charge in [0.1, 0.15) is 16.7 Å². The number of nitrogens with one attached hydrogen (secondary N) is 2. The van der Waals surface area contributed by atoms with Crippen molar-refractivity contribution < 1.29 is 17.9 Å². The standard InChI is InChI=1S/C25H34N4O4S/c1-18-6-7-23(33-2)24(15-18)34(31,32)29-13-9-19(10-14-29)5-3-4-11-27-25(30)22-16-20-17-26-12-8-21(20)28-22/h6-8,12,15,17,19,22,28H,3-5,9-11,13-14,16H2,1-2H3,(H,27,30). The highest BCUT2D eigenvalue weighted by molar-refractivity contribution is 7.89. The Labute approximate surface area is 202 Å². The quantitative estimate of drug-likeness (QED) is 0.528. The molecule has 184 valence electrons. The molecule has 2 N–H and O–H groups in total. The minimum atomic E-state index is -3.57. The number of hydrogen-bond acceptors (Lipinski definition) is 6. The van der Waals surface area contributed by atoms with Crippen LogP contribution < -0.4 is 15.4 Å². The first-order valence-corrected chi connectivity index (χ1v) is 13.4. The summed E-state index contributed by atoms with van der Waals surface area (Å²) in [5.74, 6) is 0.935. The molecule has 1 aromatic carbocycles. The molecular formula is C25H34N4O4S. The Morgan fingerprint density at radius 2 is 2.03 bits per heavy atom. The van der Waals surface area contributed by atoms with E-state index >= 15 is 0 Å². The van der Waals surface area contributed by atoms with E-state index in [1.807, 2.05) is 25.3 Å². The first-order valence-electron chi connectivity index (χ1n) is 12.0. The Morgan fingerprint density at radius 1 is 1.24 bits per heavy atom. The van der Waals surface area contributed by atoms with Gasteiger partial charge in [-0.15, -0.1) is 0 Å². The summed E-state index contributed by atoms with van der Waals surface area (Å²) < 4.78 is 33.2. The minimum Gasteiger partial charge on any atom is -0.495 e. The van der Waals surface area contributed by atoms with Crippen molar-refractivity contribution >= 4 is 21.6 Å². The van der Waals surface area contributed by atoms with E-state index in [1.54, 1.807) is 22.6 Å². The number of fused-ring (bicyclic) bond motifs is 1. The molecule has 1 amide bonds. The highest BCUT2D eigenvalue weighted by atomic mass is 32.2. The van der Waals surface area contributed by atoms with Gasteiger partial charge >= 0.3 is 0 Å². The highest BCUT2D eigenvalue weighted by Gasteiger charge is 2.31. The summed E-state index contributed by atoms with van der Waals surface area (Å²) in [5, 5.41) is 6.29. The summed E-state index contributed by atoms with van der Waals surface area (Å²) in [6.07, 6.45) is 8.92. The normalized spacial score (nSPS) is 18.8. The first kappa shape index (κ1) is 24.5. The van der Waals surface area contributed by atoms with Crippen LogP contribution in [0.1, 0.15) is 43.2 Å². The molecule has 1 fully saturated rings. The molecule has 34 heavy (non-hydrogen) atoms. The van der Waals surface area contributed by atoms with Gasteiger partial charge in [0.05, 0.1) is 7.11 Å². The van der Waals surface area contributed by atoms with Crippen molar-refractivity contribution in [3.8, 4) is 5.75 Å². The molecule has 1 atom stereocenters. The fourth-order valence-corrected chi connectivity index (χ4v) is 6.51. The third-order valence-corrected chi connectivity index (χ3v) is 8.74. The van der Waals surface area contributed by atoms with E-state index in [0.717, 1.165) is 48.9 Å². The van der Waals surface area contributed by atoms with Crippen molar-refractivity contribution in [3.63, 3.8) is 0 Å². The molecule has 0 aliphatic carbocycles. The number of hydrogen-bond donors (Lipinski definition) is 2. The molecule has 3 heterocycles. The van der Waals surface area contributed by atoms with Crippen molar-refractivity contribution in [2.24, 2.45) is 5.92 Å². The maximum absolute atomic E-state index is 13.2. The zero-order chi connectivity index (χ0) is 24.1. The number of benzene rings is 1. The zero-order valence-corrected chi connectivity index (χ0v) is 20.7. The number of methoxy groups -OCH3 is 1. The molecule has 1 saturated heterocycles. The van der Waals surface area contributed by atoms with Crippen molar-refractivity contribution in [2.45, 2.75) is 56.4 Å². The van der Waals surface area contributed by atoms with E-state index in [1.165, 1.54) is 7.11 Å². The molecule has 0 spiro atoms. The maximum Gasteiger partial charge on any atom is 0.246 e. The van der Waals surface area contributed by atoms with Crippen molar-refractivity contribution in [1.29, 1.82) is 0 Å². The maximum atomic E-state index is 13.2. The SMILES string of the molecule is COc1ccc(C)cc1S(=O)(=O)N1CCC(CCCCNC(=O)C2Cc3cnccc3N2)CC1. The second kappa shape index (κ2) is 10.7. The number of piperidine rings is 1. The van der Waals surface area contributed by atoms with Gasteiger partial charge in [-0.05, 0) is 61.4 Å². The topological polar surface area (TPSA) is 101 Å². The van der Waals surface area contributed by atoms with Gasteiger partial charge in [0.2, 0.25) is 15.9 Å². The number of carbonyl (C=O) groups is 1. The third kappa shape index (κ3) is 5.52. The van der Waals surface area contributed by atoms with Crippen LogP contribution in [0.5, 0.6) is 5.75 Å². The van der Waals surface area contributed by atoms with E-state index in [0.29, 0.717) is 37.7 Å². The Balaban J connectivity index is 1.16. The Kier molecular flexibility index (Phi) is 7.73. The lowest BCUT2D eigenvalue weighted by Gasteiger charge is -2.31. The molecule has 4 rings (SSSR count). The zero-order valence-electron chi connectivity index (χ0n) is 19.9. The summed E-state index contributed by atoms with van der Waals surface area (Å²) in [7, 11) is -2.07. The van der Waals surface area contributed by atoms with Crippen LogP contribution in [0.3, 0.4) is 0 Å². The molecular weight excluding hydrogens is 452 g/mol. The number of unbranched alkanes of at least 4 members (excludes halogenated alkanes) is 1. The number of anilines is 1. The lowest BCUT2D eigenvalue weighted by molar-refractivity contribution is -0.121. The number of amides is 1. The van der Waals surface area contributed by atoms with E-state index < -0.39 is 10.0 Å². The van der Waals surface area contributed by atoms with Gasteiger partial charge in [0, 0.05) is 44.1 Å². The smallest absolute Gasteiger partial charge is 0.246 e. The largest absolute Gasteiger partial charge is 0.495 e. The van der Waals surface area contributed by atoms with Gasteiger partial charge in [-0.1, -0.05) is 18.9 Å². The molecule has 0 saturated carbocycles. The predicted octanol–water partition coefficient (Wildman–Crippen LogP) is 3.12. The number of aryl methyl sites for hydroxylation is 1. The highest BCUT2D eigenvalue weighted by Crippen LogP contribution is 2.31. The van der Waals surface area contributed by atoms with E-state index in [9.17, 15) is 13.2 Å². The van der Waals surface area contributed by atoms with Gasteiger partial charge in [0.25, 0.3) is 0 Å². The van der Waals surface area contributed by atoms with Crippen molar-refractivity contribution in [2.75, 3.05) is 32.1 Å². The van der Waals surface area contributed by atoms with Gasteiger partial charge in [0.15, 0.2) is 0 Å². The van der Waals surface area contributed by atoms with Gasteiger partial charge in [-0.3, -0.25) is 9.78 Å². The second-order valence-corrected chi connectivity index (χ2v) is 11.1. The van der Waals surface area contributed by atoms with E-state index in [4.69, 9.17) is 4.74 Å².